The molecule has 5 heteroatoms. The van der Waals surface area contributed by atoms with Crippen molar-refractivity contribution in [2.24, 2.45) is 0 Å². The maximum absolute atomic E-state index is 11.5. The quantitative estimate of drug-likeness (QED) is 0.730. The van der Waals surface area contributed by atoms with Gasteiger partial charge in [-0.05, 0) is 18.6 Å². The van der Waals surface area contributed by atoms with Crippen LogP contribution in [0.2, 0.25) is 5.15 Å². The van der Waals surface area contributed by atoms with E-state index in [0.717, 1.165) is 0 Å². The molecule has 0 atom stereocenters. The van der Waals surface area contributed by atoms with Gasteiger partial charge in [-0.2, -0.15) is 0 Å². The normalized spacial score (nSPS) is 11.5. The van der Waals surface area contributed by atoms with Crippen LogP contribution in [-0.4, -0.2) is 19.2 Å². The lowest BCUT2D eigenvalue weighted by atomic mass is 10.5. The van der Waals surface area contributed by atoms with Crippen LogP contribution >= 0.6 is 11.6 Å². The predicted octanol–water partition coefficient (Wildman–Crippen LogP) is 1.92. The van der Waals surface area contributed by atoms with E-state index in [1.165, 1.54) is 18.3 Å². The standard InChI is InChI=1S/C8H10ClNO2S/c1-2-5-13(11,12)7-3-4-8(9)10-6-7/h3-4,6H,2,5H2,1H3. The summed E-state index contributed by atoms with van der Waals surface area (Å²) in [6.45, 7) is 1.82. The lowest BCUT2D eigenvalue weighted by molar-refractivity contribution is 0.594. The van der Waals surface area contributed by atoms with Crippen molar-refractivity contribution in [2.45, 2.75) is 18.2 Å². The minimum Gasteiger partial charge on any atom is -0.243 e. The molecule has 0 fully saturated rings. The number of aromatic nitrogens is 1. The second kappa shape index (κ2) is 4.07. The maximum atomic E-state index is 11.5. The van der Waals surface area contributed by atoms with E-state index in [-0.39, 0.29) is 10.6 Å². The van der Waals surface area contributed by atoms with Crippen molar-refractivity contribution in [3.63, 3.8) is 0 Å². The Bertz CT molecular complexity index is 372. The third-order valence-electron chi connectivity index (χ3n) is 1.53. The molecule has 0 amide bonds. The molecular formula is C8H10ClNO2S. The molecule has 13 heavy (non-hydrogen) atoms. The van der Waals surface area contributed by atoms with Crippen LogP contribution in [-0.2, 0) is 9.84 Å². The molecule has 0 unspecified atom stereocenters. The van der Waals surface area contributed by atoms with Crippen LogP contribution in [0.4, 0.5) is 0 Å². The van der Waals surface area contributed by atoms with Gasteiger partial charge in [-0.25, -0.2) is 13.4 Å². The molecule has 72 valence electrons. The van der Waals surface area contributed by atoms with Gasteiger partial charge in [0.05, 0.1) is 10.6 Å². The Morgan fingerprint density at radius 3 is 2.62 bits per heavy atom. The fourth-order valence-electron chi connectivity index (χ4n) is 0.933. The molecule has 0 N–H and O–H groups in total. The van der Waals surface area contributed by atoms with Crippen molar-refractivity contribution in [3.05, 3.63) is 23.5 Å². The van der Waals surface area contributed by atoms with Crippen molar-refractivity contribution in [1.29, 1.82) is 0 Å². The smallest absolute Gasteiger partial charge is 0.179 e. The number of nitrogens with zero attached hydrogens (tertiary/aromatic N) is 1. The van der Waals surface area contributed by atoms with E-state index in [9.17, 15) is 8.42 Å². The van der Waals surface area contributed by atoms with Crippen molar-refractivity contribution < 1.29 is 8.42 Å². The van der Waals surface area contributed by atoms with Crippen LogP contribution < -0.4 is 0 Å². The molecule has 0 bridgehead atoms. The first-order valence-electron chi connectivity index (χ1n) is 3.90. The lowest BCUT2D eigenvalue weighted by Gasteiger charge is -2.00. The summed E-state index contributed by atoms with van der Waals surface area (Å²) in [7, 11) is -3.15. The van der Waals surface area contributed by atoms with E-state index < -0.39 is 9.84 Å². The van der Waals surface area contributed by atoms with Crippen molar-refractivity contribution in [2.75, 3.05) is 5.75 Å². The zero-order chi connectivity index (χ0) is 9.90. The Morgan fingerprint density at radius 1 is 1.46 bits per heavy atom. The van der Waals surface area contributed by atoms with Crippen LogP contribution in [0, 0.1) is 0 Å². The minimum atomic E-state index is -3.15. The summed E-state index contributed by atoms with van der Waals surface area (Å²) in [5.41, 5.74) is 0. The molecule has 0 aliphatic rings. The number of hydrogen-bond donors (Lipinski definition) is 0. The number of hydrogen-bond acceptors (Lipinski definition) is 3. The Morgan fingerprint density at radius 2 is 2.15 bits per heavy atom. The summed E-state index contributed by atoms with van der Waals surface area (Å²) < 4.78 is 22.9. The van der Waals surface area contributed by atoms with Crippen LogP contribution in [0.25, 0.3) is 0 Å². The summed E-state index contributed by atoms with van der Waals surface area (Å²) >= 11 is 5.53. The Hall–Kier alpha value is -0.610. The largest absolute Gasteiger partial charge is 0.243 e. The highest BCUT2D eigenvalue weighted by molar-refractivity contribution is 7.91. The van der Waals surface area contributed by atoms with Crippen LogP contribution in [0.15, 0.2) is 23.2 Å². The predicted molar refractivity (Wildman–Crippen MR) is 51.6 cm³/mol. The monoisotopic (exact) mass is 219 g/mol. The van der Waals surface area contributed by atoms with E-state index in [1.54, 1.807) is 0 Å². The highest BCUT2D eigenvalue weighted by Crippen LogP contribution is 2.12. The summed E-state index contributed by atoms with van der Waals surface area (Å²) in [4.78, 5) is 3.95. The number of halogens is 1. The summed E-state index contributed by atoms with van der Waals surface area (Å²) in [5, 5.41) is 0.301. The third-order valence-corrected chi connectivity index (χ3v) is 3.66. The number of sulfone groups is 1. The van der Waals surface area contributed by atoms with Gasteiger partial charge in [0, 0.05) is 6.20 Å². The zero-order valence-electron chi connectivity index (χ0n) is 7.20. The molecule has 3 nitrogen and oxygen atoms in total. The van der Waals surface area contributed by atoms with Gasteiger partial charge >= 0.3 is 0 Å². The first kappa shape index (κ1) is 10.5. The molecule has 1 aromatic rings. The molecule has 0 spiro atoms. The maximum Gasteiger partial charge on any atom is 0.179 e. The van der Waals surface area contributed by atoms with E-state index in [4.69, 9.17) is 11.6 Å². The Labute approximate surface area is 82.7 Å². The van der Waals surface area contributed by atoms with Crippen LogP contribution in [0.3, 0.4) is 0 Å². The average Bonchev–Trinajstić information content (AvgIpc) is 2.05. The number of rotatable bonds is 3. The molecular weight excluding hydrogens is 210 g/mol. The molecule has 0 saturated carbocycles. The molecule has 0 aliphatic carbocycles. The molecule has 0 aliphatic heterocycles. The highest BCUT2D eigenvalue weighted by atomic mass is 35.5. The first-order chi connectivity index (χ1) is 6.06. The SMILES string of the molecule is CCCS(=O)(=O)c1ccc(Cl)nc1. The van der Waals surface area contributed by atoms with E-state index in [0.29, 0.717) is 11.6 Å². The fraction of sp³-hybridized carbons (Fsp3) is 0.375. The van der Waals surface area contributed by atoms with E-state index in [2.05, 4.69) is 4.98 Å². The highest BCUT2D eigenvalue weighted by Gasteiger charge is 2.12. The molecule has 1 aromatic heterocycles. The van der Waals surface area contributed by atoms with Gasteiger partial charge in [0.15, 0.2) is 9.84 Å². The van der Waals surface area contributed by atoms with Gasteiger partial charge < -0.3 is 0 Å². The third kappa shape index (κ3) is 2.67. The molecule has 0 radical (unpaired) electrons. The first-order valence-corrected chi connectivity index (χ1v) is 5.93. The van der Waals surface area contributed by atoms with Crippen LogP contribution in [0.1, 0.15) is 13.3 Å². The second-order valence-corrected chi connectivity index (χ2v) is 5.13. The molecule has 0 saturated heterocycles. The molecule has 0 aromatic carbocycles. The number of pyridine rings is 1. The molecule has 1 heterocycles. The zero-order valence-corrected chi connectivity index (χ0v) is 8.77. The summed E-state index contributed by atoms with van der Waals surface area (Å²) in [6, 6.07) is 2.95. The second-order valence-electron chi connectivity index (χ2n) is 2.64. The Balaban J connectivity index is 3.02. The van der Waals surface area contributed by atoms with Gasteiger partial charge in [0.2, 0.25) is 0 Å². The van der Waals surface area contributed by atoms with E-state index in [1.807, 2.05) is 6.92 Å². The van der Waals surface area contributed by atoms with Gasteiger partial charge in [-0.15, -0.1) is 0 Å². The van der Waals surface area contributed by atoms with Gasteiger partial charge in [0.25, 0.3) is 0 Å². The van der Waals surface area contributed by atoms with Crippen LogP contribution in [0.5, 0.6) is 0 Å². The average molecular weight is 220 g/mol. The van der Waals surface area contributed by atoms with Crippen molar-refractivity contribution in [3.8, 4) is 0 Å². The lowest BCUT2D eigenvalue weighted by Crippen LogP contribution is -2.05. The van der Waals surface area contributed by atoms with Gasteiger partial charge in [-0.3, -0.25) is 0 Å². The van der Waals surface area contributed by atoms with Crippen molar-refractivity contribution >= 4 is 21.4 Å². The fourth-order valence-corrected chi connectivity index (χ4v) is 2.31. The minimum absolute atomic E-state index is 0.149. The molecule has 1 rings (SSSR count). The summed E-state index contributed by atoms with van der Waals surface area (Å²) in [6.07, 6.45) is 1.89. The van der Waals surface area contributed by atoms with E-state index >= 15 is 0 Å². The van der Waals surface area contributed by atoms with Crippen molar-refractivity contribution in [1.82, 2.24) is 4.98 Å². The Kier molecular flexibility index (Phi) is 3.27. The van der Waals surface area contributed by atoms with Gasteiger partial charge in [0.1, 0.15) is 5.15 Å². The van der Waals surface area contributed by atoms with Gasteiger partial charge in [-0.1, -0.05) is 18.5 Å². The summed E-state index contributed by atoms with van der Waals surface area (Å²) in [5.74, 6) is 0.149. The topological polar surface area (TPSA) is 47.0 Å².